The molecule has 1 amide bonds. The van der Waals surface area contributed by atoms with Crippen LogP contribution in [0.25, 0.3) is 0 Å². The molecule has 0 spiro atoms. The van der Waals surface area contributed by atoms with Gasteiger partial charge in [-0.2, -0.15) is 0 Å². The van der Waals surface area contributed by atoms with Crippen molar-refractivity contribution in [3.8, 4) is 0 Å². The molecule has 0 aliphatic heterocycles. The fourth-order valence-corrected chi connectivity index (χ4v) is 2.46. The van der Waals surface area contributed by atoms with Crippen LogP contribution in [0.3, 0.4) is 0 Å². The predicted octanol–water partition coefficient (Wildman–Crippen LogP) is 2.09. The van der Waals surface area contributed by atoms with Crippen molar-refractivity contribution in [2.75, 3.05) is 0 Å². The van der Waals surface area contributed by atoms with Crippen LogP contribution in [0.2, 0.25) is 0 Å². The maximum atomic E-state index is 13.4. The van der Waals surface area contributed by atoms with Gasteiger partial charge in [0.1, 0.15) is 16.3 Å². The van der Waals surface area contributed by atoms with Crippen LogP contribution in [0, 0.1) is 21.8 Å². The summed E-state index contributed by atoms with van der Waals surface area (Å²) in [5.74, 6) is -3.17. The van der Waals surface area contributed by atoms with E-state index < -0.39 is 34.3 Å². The molecule has 9 heteroatoms. The van der Waals surface area contributed by atoms with Crippen LogP contribution in [0.5, 0.6) is 0 Å². The molecular formula is C12H10BrFN2O5. The molecule has 0 saturated heterocycles. The lowest BCUT2D eigenvalue weighted by atomic mass is 10.1. The molecule has 21 heavy (non-hydrogen) atoms. The maximum Gasteiger partial charge on any atom is 0.326 e. The van der Waals surface area contributed by atoms with E-state index in [1.807, 2.05) is 0 Å². The van der Waals surface area contributed by atoms with Crippen molar-refractivity contribution in [2.45, 2.75) is 18.9 Å². The second-order valence-electron chi connectivity index (χ2n) is 4.67. The normalized spacial score (nSPS) is 15.3. The molecule has 1 saturated carbocycles. The van der Waals surface area contributed by atoms with Crippen molar-refractivity contribution in [2.24, 2.45) is 5.92 Å². The summed E-state index contributed by atoms with van der Waals surface area (Å²) < 4.78 is 13.2. The van der Waals surface area contributed by atoms with Gasteiger partial charge in [-0.25, -0.2) is 9.18 Å². The van der Waals surface area contributed by atoms with Crippen LogP contribution in [-0.2, 0) is 4.79 Å². The highest BCUT2D eigenvalue weighted by atomic mass is 79.9. The van der Waals surface area contributed by atoms with E-state index in [-0.39, 0.29) is 16.0 Å². The molecule has 2 rings (SSSR count). The molecule has 1 aliphatic carbocycles. The number of aliphatic carboxylic acids is 1. The van der Waals surface area contributed by atoms with Gasteiger partial charge < -0.3 is 10.4 Å². The average molecular weight is 361 g/mol. The van der Waals surface area contributed by atoms with E-state index in [9.17, 15) is 24.1 Å². The SMILES string of the molecule is O=C(NC(C(=O)O)C1CC1)c1cc(F)cc([N+](=O)[O-])c1Br. The first-order valence-corrected chi connectivity index (χ1v) is 6.77. The van der Waals surface area contributed by atoms with Gasteiger partial charge in [0.05, 0.1) is 16.6 Å². The van der Waals surface area contributed by atoms with Gasteiger partial charge in [0, 0.05) is 0 Å². The third kappa shape index (κ3) is 3.35. The number of hydrogen-bond donors (Lipinski definition) is 2. The summed E-state index contributed by atoms with van der Waals surface area (Å²) >= 11 is 2.88. The van der Waals surface area contributed by atoms with Crippen LogP contribution in [0.4, 0.5) is 10.1 Å². The third-order valence-corrected chi connectivity index (χ3v) is 3.94. The van der Waals surface area contributed by atoms with Gasteiger partial charge in [-0.05, 0) is 40.8 Å². The van der Waals surface area contributed by atoms with Crippen molar-refractivity contribution in [1.29, 1.82) is 0 Å². The van der Waals surface area contributed by atoms with Gasteiger partial charge in [-0.3, -0.25) is 14.9 Å². The largest absolute Gasteiger partial charge is 0.480 e. The highest BCUT2D eigenvalue weighted by molar-refractivity contribution is 9.10. The van der Waals surface area contributed by atoms with Gasteiger partial charge >= 0.3 is 5.97 Å². The number of nitrogens with one attached hydrogen (secondary N) is 1. The number of carbonyl (C=O) groups excluding carboxylic acids is 1. The Kier molecular flexibility index (Phi) is 4.21. The highest BCUT2D eigenvalue weighted by Gasteiger charge is 2.38. The smallest absolute Gasteiger partial charge is 0.326 e. The topological polar surface area (TPSA) is 110 Å². The third-order valence-electron chi connectivity index (χ3n) is 3.11. The van der Waals surface area contributed by atoms with Crippen LogP contribution < -0.4 is 5.32 Å². The Bertz CT molecular complexity index is 632. The molecule has 1 atom stereocenters. The average Bonchev–Trinajstić information content (AvgIpc) is 3.21. The van der Waals surface area contributed by atoms with Gasteiger partial charge in [-0.1, -0.05) is 0 Å². The Morgan fingerprint density at radius 3 is 2.57 bits per heavy atom. The number of amides is 1. The van der Waals surface area contributed by atoms with Crippen LogP contribution in [0.1, 0.15) is 23.2 Å². The van der Waals surface area contributed by atoms with Crippen LogP contribution in [-0.4, -0.2) is 27.9 Å². The number of benzene rings is 1. The van der Waals surface area contributed by atoms with E-state index in [1.54, 1.807) is 0 Å². The highest BCUT2D eigenvalue weighted by Crippen LogP contribution is 2.34. The molecule has 0 aromatic heterocycles. The first kappa shape index (κ1) is 15.4. The van der Waals surface area contributed by atoms with Gasteiger partial charge in [0.2, 0.25) is 0 Å². The maximum absolute atomic E-state index is 13.4. The minimum absolute atomic E-state index is 0.159. The molecule has 0 radical (unpaired) electrons. The fourth-order valence-electron chi connectivity index (χ4n) is 1.90. The van der Waals surface area contributed by atoms with Gasteiger partial charge in [0.15, 0.2) is 0 Å². The Labute approximate surface area is 126 Å². The molecule has 7 nitrogen and oxygen atoms in total. The number of rotatable bonds is 5. The summed E-state index contributed by atoms with van der Waals surface area (Å²) in [6.45, 7) is 0. The summed E-state index contributed by atoms with van der Waals surface area (Å²) in [4.78, 5) is 33.1. The first-order valence-electron chi connectivity index (χ1n) is 5.98. The van der Waals surface area contributed by atoms with E-state index in [1.165, 1.54) is 0 Å². The standard InChI is InChI=1S/C12H10BrFN2O5/c13-9-7(3-6(14)4-8(9)16(20)21)11(17)15-10(12(18)19)5-1-2-5/h3-5,10H,1-2H2,(H,15,17)(H,18,19). The molecule has 1 unspecified atom stereocenters. The van der Waals surface area contributed by atoms with Gasteiger partial charge in [0.25, 0.3) is 11.6 Å². The van der Waals surface area contributed by atoms with Crippen LogP contribution >= 0.6 is 15.9 Å². The summed E-state index contributed by atoms with van der Waals surface area (Å²) in [6.07, 6.45) is 1.36. The van der Waals surface area contributed by atoms with E-state index in [2.05, 4.69) is 21.2 Å². The van der Waals surface area contributed by atoms with Crippen molar-refractivity contribution < 1.29 is 24.0 Å². The molecule has 0 bridgehead atoms. The quantitative estimate of drug-likeness (QED) is 0.617. The predicted molar refractivity (Wildman–Crippen MR) is 72.4 cm³/mol. The molecule has 1 aromatic carbocycles. The lowest BCUT2D eigenvalue weighted by Crippen LogP contribution is -2.42. The van der Waals surface area contributed by atoms with Crippen molar-refractivity contribution in [3.05, 3.63) is 38.1 Å². The zero-order valence-corrected chi connectivity index (χ0v) is 12.1. The summed E-state index contributed by atoms with van der Waals surface area (Å²) in [5.41, 5.74) is -0.910. The Morgan fingerprint density at radius 2 is 2.10 bits per heavy atom. The molecule has 2 N–H and O–H groups in total. The fraction of sp³-hybridized carbons (Fsp3) is 0.333. The number of hydrogen-bond acceptors (Lipinski definition) is 4. The molecular weight excluding hydrogens is 351 g/mol. The zero-order chi connectivity index (χ0) is 15.7. The zero-order valence-electron chi connectivity index (χ0n) is 10.5. The van der Waals surface area contributed by atoms with Gasteiger partial charge in [-0.15, -0.1) is 0 Å². The summed E-state index contributed by atoms with van der Waals surface area (Å²) in [7, 11) is 0. The van der Waals surface area contributed by atoms with Crippen molar-refractivity contribution in [1.82, 2.24) is 5.32 Å². The van der Waals surface area contributed by atoms with E-state index in [4.69, 9.17) is 5.11 Å². The first-order chi connectivity index (χ1) is 9.81. The summed E-state index contributed by atoms with van der Waals surface area (Å²) in [5, 5.41) is 22.1. The molecule has 1 fully saturated rings. The number of nitro groups is 1. The Hall–Kier alpha value is -2.03. The minimum atomic E-state index is -1.19. The monoisotopic (exact) mass is 360 g/mol. The number of halogens is 2. The van der Waals surface area contributed by atoms with Crippen molar-refractivity contribution >= 4 is 33.5 Å². The second kappa shape index (κ2) is 5.76. The molecule has 1 aromatic rings. The number of nitro benzene ring substituents is 1. The van der Waals surface area contributed by atoms with E-state index in [0.717, 1.165) is 6.07 Å². The Morgan fingerprint density at radius 1 is 1.48 bits per heavy atom. The number of carboxylic acid groups (broad SMARTS) is 1. The number of carboxylic acids is 1. The van der Waals surface area contributed by atoms with E-state index >= 15 is 0 Å². The summed E-state index contributed by atoms with van der Waals surface area (Å²) in [6, 6.07) is 0.418. The lowest BCUT2D eigenvalue weighted by molar-refractivity contribution is -0.385. The van der Waals surface area contributed by atoms with E-state index in [0.29, 0.717) is 18.9 Å². The number of carbonyl (C=O) groups is 2. The molecule has 0 heterocycles. The molecule has 1 aliphatic rings. The van der Waals surface area contributed by atoms with Crippen molar-refractivity contribution in [3.63, 3.8) is 0 Å². The lowest BCUT2D eigenvalue weighted by Gasteiger charge is -2.14. The minimum Gasteiger partial charge on any atom is -0.480 e. The number of nitrogens with zero attached hydrogens (tertiary/aromatic N) is 1. The Balaban J connectivity index is 2.30. The van der Waals surface area contributed by atoms with Crippen LogP contribution in [0.15, 0.2) is 16.6 Å². The molecule has 112 valence electrons. The second-order valence-corrected chi connectivity index (χ2v) is 5.46.